The molecule has 1 atom stereocenters. The van der Waals surface area contributed by atoms with Crippen LogP contribution in [0.3, 0.4) is 0 Å². The molecule has 3 heteroatoms. The van der Waals surface area contributed by atoms with Crippen molar-refractivity contribution in [3.8, 4) is 6.07 Å². The van der Waals surface area contributed by atoms with Gasteiger partial charge in [0.2, 0.25) is 0 Å². The zero-order chi connectivity index (χ0) is 13.2. The van der Waals surface area contributed by atoms with E-state index in [1.165, 1.54) is 11.1 Å². The van der Waals surface area contributed by atoms with Crippen LogP contribution in [0, 0.1) is 11.3 Å². The molecule has 0 aliphatic heterocycles. The van der Waals surface area contributed by atoms with Crippen LogP contribution in [-0.4, -0.2) is 0 Å². The Morgan fingerprint density at radius 1 is 1.21 bits per heavy atom. The fraction of sp³-hybridized carbons (Fsp3) is 0.188. The van der Waals surface area contributed by atoms with Crippen LogP contribution >= 0.6 is 11.6 Å². The van der Waals surface area contributed by atoms with Crippen molar-refractivity contribution in [3.63, 3.8) is 0 Å². The van der Waals surface area contributed by atoms with Crippen LogP contribution in [0.4, 0.5) is 5.69 Å². The molecule has 2 nitrogen and oxygen atoms in total. The van der Waals surface area contributed by atoms with Crippen molar-refractivity contribution in [2.75, 3.05) is 5.32 Å². The lowest BCUT2D eigenvalue weighted by molar-refractivity contribution is 0.762. The van der Waals surface area contributed by atoms with Gasteiger partial charge < -0.3 is 5.32 Å². The second-order valence-corrected chi connectivity index (χ2v) is 5.21. The number of anilines is 1. The Morgan fingerprint density at radius 3 is 2.95 bits per heavy atom. The standard InChI is InChI=1S/C16H13ClN2/c17-13-5-6-15-12(9-13)4-7-16(15)19-14-3-1-2-11(8-14)10-18/h1-3,5-6,8-9,16,19H,4,7H2. The van der Waals surface area contributed by atoms with E-state index in [0.717, 1.165) is 23.6 Å². The number of aryl methyl sites for hydroxylation is 1. The molecular weight excluding hydrogens is 256 g/mol. The van der Waals surface area contributed by atoms with Crippen molar-refractivity contribution in [2.24, 2.45) is 0 Å². The fourth-order valence-corrected chi connectivity index (χ4v) is 2.81. The number of nitrogens with zero attached hydrogens (tertiary/aromatic N) is 1. The van der Waals surface area contributed by atoms with Crippen molar-refractivity contribution in [1.29, 1.82) is 5.26 Å². The van der Waals surface area contributed by atoms with Crippen LogP contribution in [0.25, 0.3) is 0 Å². The molecule has 3 rings (SSSR count). The molecule has 0 bridgehead atoms. The molecule has 1 aliphatic carbocycles. The number of benzene rings is 2. The zero-order valence-corrected chi connectivity index (χ0v) is 11.1. The molecular formula is C16H13ClN2. The molecule has 0 saturated heterocycles. The van der Waals surface area contributed by atoms with Gasteiger partial charge in [-0.1, -0.05) is 23.7 Å². The van der Waals surface area contributed by atoms with Gasteiger partial charge in [-0.2, -0.15) is 5.26 Å². The first-order valence-corrected chi connectivity index (χ1v) is 6.69. The molecule has 0 heterocycles. The van der Waals surface area contributed by atoms with Crippen molar-refractivity contribution >= 4 is 17.3 Å². The number of nitriles is 1. The average molecular weight is 269 g/mol. The lowest BCUT2D eigenvalue weighted by atomic mass is 10.1. The van der Waals surface area contributed by atoms with Gasteiger partial charge in [0.15, 0.2) is 0 Å². The van der Waals surface area contributed by atoms with Crippen molar-refractivity contribution in [3.05, 3.63) is 64.2 Å². The van der Waals surface area contributed by atoms with E-state index < -0.39 is 0 Å². The van der Waals surface area contributed by atoms with Crippen LogP contribution in [0.2, 0.25) is 5.02 Å². The molecule has 1 N–H and O–H groups in total. The Labute approximate surface area is 117 Å². The number of hydrogen-bond donors (Lipinski definition) is 1. The van der Waals surface area contributed by atoms with Gasteiger partial charge >= 0.3 is 0 Å². The summed E-state index contributed by atoms with van der Waals surface area (Å²) in [5.74, 6) is 0. The molecule has 0 aromatic heterocycles. The highest BCUT2D eigenvalue weighted by atomic mass is 35.5. The molecule has 1 aliphatic rings. The summed E-state index contributed by atoms with van der Waals surface area (Å²) < 4.78 is 0. The molecule has 0 fully saturated rings. The number of rotatable bonds is 2. The summed E-state index contributed by atoms with van der Waals surface area (Å²) >= 11 is 6.01. The van der Waals surface area contributed by atoms with Gasteiger partial charge in [-0.3, -0.25) is 0 Å². The highest BCUT2D eigenvalue weighted by molar-refractivity contribution is 6.30. The summed E-state index contributed by atoms with van der Waals surface area (Å²) in [6.45, 7) is 0. The second kappa shape index (κ2) is 4.95. The van der Waals surface area contributed by atoms with Gasteiger partial charge in [0.05, 0.1) is 17.7 Å². The Kier molecular flexibility index (Phi) is 3.15. The average Bonchev–Trinajstić information content (AvgIpc) is 2.81. The van der Waals surface area contributed by atoms with Crippen LogP contribution in [-0.2, 0) is 6.42 Å². The minimum Gasteiger partial charge on any atom is -0.378 e. The first kappa shape index (κ1) is 12.1. The van der Waals surface area contributed by atoms with Crippen LogP contribution in [0.5, 0.6) is 0 Å². The Balaban J connectivity index is 1.85. The Hall–Kier alpha value is -1.98. The first-order valence-electron chi connectivity index (χ1n) is 6.31. The molecule has 0 amide bonds. The summed E-state index contributed by atoms with van der Waals surface area (Å²) in [7, 11) is 0. The van der Waals surface area contributed by atoms with E-state index in [1.807, 2.05) is 36.4 Å². The minimum absolute atomic E-state index is 0.307. The Morgan fingerprint density at radius 2 is 2.11 bits per heavy atom. The molecule has 19 heavy (non-hydrogen) atoms. The van der Waals surface area contributed by atoms with E-state index in [4.69, 9.17) is 16.9 Å². The topological polar surface area (TPSA) is 35.8 Å². The third-order valence-electron chi connectivity index (χ3n) is 3.52. The monoisotopic (exact) mass is 268 g/mol. The number of nitrogens with one attached hydrogen (secondary N) is 1. The van der Waals surface area contributed by atoms with Crippen LogP contribution in [0.1, 0.15) is 29.2 Å². The molecule has 2 aromatic rings. The quantitative estimate of drug-likeness (QED) is 0.881. The predicted octanol–water partition coefficient (Wildman–Crippen LogP) is 4.31. The third-order valence-corrected chi connectivity index (χ3v) is 3.75. The smallest absolute Gasteiger partial charge is 0.0992 e. The third kappa shape index (κ3) is 2.43. The minimum atomic E-state index is 0.307. The molecule has 1 unspecified atom stereocenters. The van der Waals surface area contributed by atoms with Crippen LogP contribution in [0.15, 0.2) is 42.5 Å². The van der Waals surface area contributed by atoms with Gasteiger partial charge in [0, 0.05) is 10.7 Å². The van der Waals surface area contributed by atoms with Gasteiger partial charge in [-0.05, 0) is 54.3 Å². The van der Waals surface area contributed by atoms with Crippen molar-refractivity contribution in [2.45, 2.75) is 18.9 Å². The molecule has 2 aromatic carbocycles. The maximum atomic E-state index is 8.92. The number of hydrogen-bond acceptors (Lipinski definition) is 2. The Bertz CT molecular complexity index is 658. The van der Waals surface area contributed by atoms with E-state index >= 15 is 0 Å². The lowest BCUT2D eigenvalue weighted by Gasteiger charge is -2.15. The summed E-state index contributed by atoms with van der Waals surface area (Å²) in [6.07, 6.45) is 2.11. The highest BCUT2D eigenvalue weighted by Crippen LogP contribution is 2.35. The van der Waals surface area contributed by atoms with Crippen LogP contribution < -0.4 is 5.32 Å². The van der Waals surface area contributed by atoms with E-state index in [2.05, 4.69) is 17.5 Å². The lowest BCUT2D eigenvalue weighted by Crippen LogP contribution is -2.07. The summed E-state index contributed by atoms with van der Waals surface area (Å²) in [5, 5.41) is 13.2. The summed E-state index contributed by atoms with van der Waals surface area (Å²) in [5.41, 5.74) is 4.30. The maximum absolute atomic E-state index is 8.92. The van der Waals surface area contributed by atoms with E-state index in [9.17, 15) is 0 Å². The highest BCUT2D eigenvalue weighted by Gasteiger charge is 2.22. The fourth-order valence-electron chi connectivity index (χ4n) is 2.62. The first-order chi connectivity index (χ1) is 9.26. The number of halogens is 1. The summed E-state index contributed by atoms with van der Waals surface area (Å²) in [4.78, 5) is 0. The predicted molar refractivity (Wildman–Crippen MR) is 77.3 cm³/mol. The van der Waals surface area contributed by atoms with Crippen molar-refractivity contribution in [1.82, 2.24) is 0 Å². The largest absolute Gasteiger partial charge is 0.378 e. The van der Waals surface area contributed by atoms with E-state index in [-0.39, 0.29) is 0 Å². The van der Waals surface area contributed by atoms with E-state index in [1.54, 1.807) is 0 Å². The zero-order valence-electron chi connectivity index (χ0n) is 10.4. The molecule has 0 radical (unpaired) electrons. The van der Waals surface area contributed by atoms with Gasteiger partial charge in [-0.15, -0.1) is 0 Å². The number of fused-ring (bicyclic) bond motifs is 1. The molecule has 0 saturated carbocycles. The van der Waals surface area contributed by atoms with Crippen molar-refractivity contribution < 1.29 is 0 Å². The van der Waals surface area contributed by atoms with Gasteiger partial charge in [0.25, 0.3) is 0 Å². The second-order valence-electron chi connectivity index (χ2n) is 4.77. The van der Waals surface area contributed by atoms with Gasteiger partial charge in [0.1, 0.15) is 0 Å². The molecule has 0 spiro atoms. The maximum Gasteiger partial charge on any atom is 0.0992 e. The van der Waals surface area contributed by atoms with Gasteiger partial charge in [-0.25, -0.2) is 0 Å². The van der Waals surface area contributed by atoms with E-state index in [0.29, 0.717) is 11.6 Å². The normalized spacial score (nSPS) is 16.7. The summed E-state index contributed by atoms with van der Waals surface area (Å²) in [6, 6.07) is 16.1. The molecule has 94 valence electrons. The SMILES string of the molecule is N#Cc1cccc(NC2CCc3cc(Cl)ccc32)c1.